The van der Waals surface area contributed by atoms with Gasteiger partial charge in [-0.2, -0.15) is 11.8 Å². The molecule has 1 fully saturated rings. The SMILES string of the molecule is COc1ccc2c(CC(=O)N3CCSCC3CC(=O)O)coc2c1. The lowest BCUT2D eigenvalue weighted by atomic mass is 10.1. The van der Waals surface area contributed by atoms with Crippen LogP contribution in [-0.2, 0) is 16.0 Å². The zero-order valence-corrected chi connectivity index (χ0v) is 14.2. The molecule has 3 rings (SSSR count). The number of fused-ring (bicyclic) bond motifs is 1. The van der Waals surface area contributed by atoms with E-state index in [1.807, 2.05) is 12.1 Å². The highest BCUT2D eigenvalue weighted by atomic mass is 32.2. The van der Waals surface area contributed by atoms with Crippen molar-refractivity contribution in [3.8, 4) is 5.75 Å². The lowest BCUT2D eigenvalue weighted by molar-refractivity contribution is -0.140. The third-order valence-corrected chi connectivity index (χ3v) is 5.25. The molecule has 1 atom stereocenters. The minimum Gasteiger partial charge on any atom is -0.497 e. The maximum Gasteiger partial charge on any atom is 0.305 e. The Kier molecular flexibility index (Phi) is 4.99. The molecule has 2 aromatic rings. The maximum absolute atomic E-state index is 12.7. The molecule has 0 aliphatic carbocycles. The molecule has 1 aliphatic heterocycles. The molecule has 7 heteroatoms. The van der Waals surface area contributed by atoms with Crippen LogP contribution < -0.4 is 4.74 Å². The molecule has 6 nitrogen and oxygen atoms in total. The van der Waals surface area contributed by atoms with E-state index in [1.54, 1.807) is 36.1 Å². The molecule has 128 valence electrons. The highest BCUT2D eigenvalue weighted by Gasteiger charge is 2.29. The van der Waals surface area contributed by atoms with E-state index in [2.05, 4.69) is 0 Å². The Morgan fingerprint density at radius 2 is 2.29 bits per heavy atom. The minimum absolute atomic E-state index is 0.0118. The average Bonchev–Trinajstić information content (AvgIpc) is 2.96. The Morgan fingerprint density at radius 1 is 1.46 bits per heavy atom. The molecule has 1 unspecified atom stereocenters. The van der Waals surface area contributed by atoms with Crippen LogP contribution in [0.2, 0.25) is 0 Å². The standard InChI is InChI=1S/C17H19NO5S/c1-22-13-2-3-14-11(9-23-15(14)8-13)6-16(19)18-4-5-24-10-12(18)7-17(20)21/h2-3,8-9,12H,4-7,10H2,1H3,(H,20,21). The topological polar surface area (TPSA) is 80.0 Å². The predicted octanol–water partition coefficient (Wildman–Crippen LogP) is 2.40. The van der Waals surface area contributed by atoms with Gasteiger partial charge in [0, 0.05) is 35.1 Å². The van der Waals surface area contributed by atoms with E-state index in [9.17, 15) is 9.59 Å². The predicted molar refractivity (Wildman–Crippen MR) is 91.5 cm³/mol. The number of furan rings is 1. The summed E-state index contributed by atoms with van der Waals surface area (Å²) in [5.41, 5.74) is 1.48. The summed E-state index contributed by atoms with van der Waals surface area (Å²) in [6, 6.07) is 5.25. The van der Waals surface area contributed by atoms with Gasteiger partial charge in [-0.25, -0.2) is 0 Å². The quantitative estimate of drug-likeness (QED) is 0.893. The van der Waals surface area contributed by atoms with E-state index >= 15 is 0 Å². The fourth-order valence-electron chi connectivity index (χ4n) is 2.95. The number of hydrogen-bond donors (Lipinski definition) is 1. The van der Waals surface area contributed by atoms with Gasteiger partial charge < -0.3 is 19.2 Å². The number of carboxylic acid groups (broad SMARTS) is 1. The first-order valence-electron chi connectivity index (χ1n) is 7.71. The van der Waals surface area contributed by atoms with E-state index in [4.69, 9.17) is 14.3 Å². The average molecular weight is 349 g/mol. The Labute approximate surface area is 143 Å². The van der Waals surface area contributed by atoms with Crippen molar-refractivity contribution in [2.45, 2.75) is 18.9 Å². The Hall–Kier alpha value is -2.15. The molecule has 0 spiro atoms. The van der Waals surface area contributed by atoms with Gasteiger partial charge in [0.15, 0.2) is 0 Å². The van der Waals surface area contributed by atoms with Gasteiger partial charge in [0.05, 0.1) is 32.3 Å². The largest absolute Gasteiger partial charge is 0.497 e. The molecular formula is C17H19NO5S. The number of hydrogen-bond acceptors (Lipinski definition) is 5. The van der Waals surface area contributed by atoms with Gasteiger partial charge in [-0.15, -0.1) is 0 Å². The van der Waals surface area contributed by atoms with Crippen LogP contribution in [0.25, 0.3) is 11.0 Å². The second-order valence-corrected chi connectivity index (χ2v) is 6.86. The van der Waals surface area contributed by atoms with Gasteiger partial charge in [-0.3, -0.25) is 9.59 Å². The first-order valence-corrected chi connectivity index (χ1v) is 8.87. The zero-order valence-electron chi connectivity index (χ0n) is 13.4. The molecule has 0 bridgehead atoms. The molecule has 2 heterocycles. The smallest absolute Gasteiger partial charge is 0.305 e. The molecular weight excluding hydrogens is 330 g/mol. The summed E-state index contributed by atoms with van der Waals surface area (Å²) < 4.78 is 10.7. The number of aliphatic carboxylic acids is 1. The highest BCUT2D eigenvalue weighted by molar-refractivity contribution is 7.99. The number of carbonyl (C=O) groups excluding carboxylic acids is 1. The summed E-state index contributed by atoms with van der Waals surface area (Å²) in [6.45, 7) is 0.588. The van der Waals surface area contributed by atoms with Gasteiger partial charge in [0.1, 0.15) is 11.3 Å². The fourth-order valence-corrected chi connectivity index (χ4v) is 4.01. The summed E-state index contributed by atoms with van der Waals surface area (Å²) in [4.78, 5) is 25.4. The lowest BCUT2D eigenvalue weighted by Gasteiger charge is -2.34. The van der Waals surface area contributed by atoms with Crippen LogP contribution in [0.15, 0.2) is 28.9 Å². The van der Waals surface area contributed by atoms with Crippen molar-refractivity contribution < 1.29 is 23.8 Å². The number of methoxy groups -OCH3 is 1. The van der Waals surface area contributed by atoms with Crippen molar-refractivity contribution >= 4 is 34.6 Å². The number of thioether (sulfide) groups is 1. The van der Waals surface area contributed by atoms with Crippen LogP contribution in [0.4, 0.5) is 0 Å². The molecule has 24 heavy (non-hydrogen) atoms. The van der Waals surface area contributed by atoms with Crippen LogP contribution in [0.1, 0.15) is 12.0 Å². The number of nitrogens with zero attached hydrogens (tertiary/aromatic N) is 1. The number of carbonyl (C=O) groups is 2. The van der Waals surface area contributed by atoms with E-state index < -0.39 is 5.97 Å². The third-order valence-electron chi connectivity index (χ3n) is 4.16. The lowest BCUT2D eigenvalue weighted by Crippen LogP contribution is -2.47. The summed E-state index contributed by atoms with van der Waals surface area (Å²) in [5.74, 6) is 1.28. The van der Waals surface area contributed by atoms with E-state index in [1.165, 1.54) is 0 Å². The van der Waals surface area contributed by atoms with Crippen molar-refractivity contribution in [3.05, 3.63) is 30.0 Å². The van der Waals surface area contributed by atoms with Gasteiger partial charge in [-0.1, -0.05) is 0 Å². The minimum atomic E-state index is -0.874. The van der Waals surface area contributed by atoms with E-state index in [0.717, 1.165) is 16.7 Å². The Balaban J connectivity index is 1.77. The number of carboxylic acids is 1. The van der Waals surface area contributed by atoms with Crippen molar-refractivity contribution in [1.29, 1.82) is 0 Å². The van der Waals surface area contributed by atoms with Crippen molar-refractivity contribution in [3.63, 3.8) is 0 Å². The fraction of sp³-hybridized carbons (Fsp3) is 0.412. The molecule has 1 amide bonds. The van der Waals surface area contributed by atoms with Crippen LogP contribution in [0, 0.1) is 0 Å². The van der Waals surface area contributed by atoms with E-state index in [0.29, 0.717) is 23.6 Å². The second-order valence-electron chi connectivity index (χ2n) is 5.71. The molecule has 1 saturated heterocycles. The van der Waals surface area contributed by atoms with Gasteiger partial charge >= 0.3 is 5.97 Å². The van der Waals surface area contributed by atoms with Crippen LogP contribution in [0.3, 0.4) is 0 Å². The van der Waals surface area contributed by atoms with Crippen LogP contribution in [0.5, 0.6) is 5.75 Å². The Morgan fingerprint density at radius 3 is 3.04 bits per heavy atom. The number of amides is 1. The van der Waals surface area contributed by atoms with Crippen LogP contribution >= 0.6 is 11.8 Å². The van der Waals surface area contributed by atoms with Crippen molar-refractivity contribution in [1.82, 2.24) is 4.90 Å². The molecule has 1 aliphatic rings. The third kappa shape index (κ3) is 3.51. The molecule has 0 saturated carbocycles. The summed E-state index contributed by atoms with van der Waals surface area (Å²) in [5, 5.41) is 9.92. The van der Waals surface area contributed by atoms with Gasteiger partial charge in [0.25, 0.3) is 0 Å². The summed E-state index contributed by atoms with van der Waals surface area (Å²) in [6.07, 6.45) is 1.79. The molecule has 1 aromatic carbocycles. The molecule has 0 radical (unpaired) electrons. The summed E-state index contributed by atoms with van der Waals surface area (Å²) >= 11 is 1.69. The van der Waals surface area contributed by atoms with E-state index in [-0.39, 0.29) is 24.8 Å². The van der Waals surface area contributed by atoms with Crippen LogP contribution in [-0.4, -0.2) is 53.1 Å². The number of rotatable bonds is 5. The monoisotopic (exact) mass is 349 g/mol. The van der Waals surface area contributed by atoms with Crippen molar-refractivity contribution in [2.75, 3.05) is 25.2 Å². The summed E-state index contributed by atoms with van der Waals surface area (Å²) in [7, 11) is 1.59. The maximum atomic E-state index is 12.7. The molecule has 1 aromatic heterocycles. The zero-order chi connectivity index (χ0) is 17.1. The Bertz CT molecular complexity index is 757. The van der Waals surface area contributed by atoms with Gasteiger partial charge in [0.2, 0.25) is 5.91 Å². The highest BCUT2D eigenvalue weighted by Crippen LogP contribution is 2.27. The first-order chi connectivity index (χ1) is 11.6. The van der Waals surface area contributed by atoms with Crippen molar-refractivity contribution in [2.24, 2.45) is 0 Å². The number of ether oxygens (including phenoxy) is 1. The number of benzene rings is 1. The molecule has 1 N–H and O–H groups in total. The normalized spacial score (nSPS) is 17.9. The van der Waals surface area contributed by atoms with Gasteiger partial charge in [-0.05, 0) is 12.1 Å². The first kappa shape index (κ1) is 16.7. The second kappa shape index (κ2) is 7.17.